The Balaban J connectivity index is 2.77. The molecule has 3 heteroatoms. The fourth-order valence-electron chi connectivity index (χ4n) is 2.90. The van der Waals surface area contributed by atoms with Crippen LogP contribution >= 0.6 is 0 Å². The fraction of sp³-hybridized carbons (Fsp3) is 0.667. The fourth-order valence-corrected chi connectivity index (χ4v) is 2.90. The van der Waals surface area contributed by atoms with Crippen LogP contribution < -0.4 is 5.32 Å². The summed E-state index contributed by atoms with van der Waals surface area (Å²) >= 11 is 0. The van der Waals surface area contributed by atoms with Crippen molar-refractivity contribution in [2.75, 3.05) is 26.2 Å². The molecule has 0 saturated heterocycles. The lowest BCUT2D eigenvalue weighted by Gasteiger charge is -2.28. The number of hydrogen-bond acceptors (Lipinski definition) is 3. The predicted octanol–water partition coefficient (Wildman–Crippen LogP) is 3.05. The summed E-state index contributed by atoms with van der Waals surface area (Å²) in [5, 5.41) is 12.8. The minimum absolute atomic E-state index is 0.230. The Kier molecular flexibility index (Phi) is 7.94. The number of hydrogen-bond donors (Lipinski definition) is 2. The molecule has 1 aromatic carbocycles. The third-order valence-electron chi connectivity index (χ3n) is 3.92. The van der Waals surface area contributed by atoms with Crippen LogP contribution in [-0.4, -0.2) is 42.3 Å². The van der Waals surface area contributed by atoms with Gasteiger partial charge in [0.05, 0.1) is 6.61 Å². The van der Waals surface area contributed by atoms with Crippen molar-refractivity contribution in [2.45, 2.75) is 53.1 Å². The van der Waals surface area contributed by atoms with E-state index < -0.39 is 0 Å². The lowest BCUT2D eigenvalue weighted by atomic mass is 9.98. The molecule has 1 atom stereocenters. The van der Waals surface area contributed by atoms with Gasteiger partial charge in [0.2, 0.25) is 0 Å². The second kappa shape index (κ2) is 9.19. The van der Waals surface area contributed by atoms with Crippen molar-refractivity contribution in [3.05, 3.63) is 34.9 Å². The molecule has 0 aromatic heterocycles. The smallest absolute Gasteiger partial charge is 0.0558 e. The number of rotatable bonds is 9. The number of aryl methyl sites for hydroxylation is 2. The van der Waals surface area contributed by atoms with Crippen molar-refractivity contribution >= 4 is 0 Å². The van der Waals surface area contributed by atoms with Crippen LogP contribution in [0.4, 0.5) is 0 Å². The molecular formula is C18H32N2O. The molecule has 0 aliphatic rings. The molecule has 1 unspecified atom stereocenters. The van der Waals surface area contributed by atoms with E-state index >= 15 is 0 Å². The molecule has 0 bridgehead atoms. The van der Waals surface area contributed by atoms with Gasteiger partial charge in [0.25, 0.3) is 0 Å². The van der Waals surface area contributed by atoms with E-state index in [0.717, 1.165) is 26.1 Å². The summed E-state index contributed by atoms with van der Waals surface area (Å²) in [6, 6.07) is 7.64. The minimum atomic E-state index is 0.230. The van der Waals surface area contributed by atoms with E-state index in [1.165, 1.54) is 16.7 Å². The molecule has 0 aliphatic heterocycles. The molecule has 0 spiro atoms. The van der Waals surface area contributed by atoms with Gasteiger partial charge in [-0.05, 0) is 46.2 Å². The minimum Gasteiger partial charge on any atom is -0.395 e. The van der Waals surface area contributed by atoms with Gasteiger partial charge in [-0.25, -0.2) is 0 Å². The van der Waals surface area contributed by atoms with Crippen LogP contribution in [-0.2, 0) is 0 Å². The average Bonchev–Trinajstić information content (AvgIpc) is 2.40. The molecule has 3 nitrogen and oxygen atoms in total. The molecule has 0 amide bonds. The molecule has 0 saturated carbocycles. The van der Waals surface area contributed by atoms with Gasteiger partial charge in [-0.15, -0.1) is 0 Å². The molecule has 120 valence electrons. The Morgan fingerprint density at radius 2 is 1.71 bits per heavy atom. The SMILES string of the molecule is CCNC(CCN(CCO)C(C)C)c1cc(C)cc(C)c1. The van der Waals surface area contributed by atoms with Gasteiger partial charge in [-0.3, -0.25) is 4.90 Å². The van der Waals surface area contributed by atoms with Gasteiger partial charge < -0.3 is 10.4 Å². The Hall–Kier alpha value is -0.900. The van der Waals surface area contributed by atoms with Gasteiger partial charge in [0.15, 0.2) is 0 Å². The Morgan fingerprint density at radius 1 is 1.10 bits per heavy atom. The zero-order valence-corrected chi connectivity index (χ0v) is 14.3. The first kappa shape index (κ1) is 18.1. The van der Waals surface area contributed by atoms with Crippen molar-refractivity contribution in [1.29, 1.82) is 0 Å². The van der Waals surface area contributed by atoms with Crippen molar-refractivity contribution in [3.8, 4) is 0 Å². The zero-order chi connectivity index (χ0) is 15.8. The third-order valence-corrected chi connectivity index (χ3v) is 3.92. The molecule has 0 aliphatic carbocycles. The number of nitrogens with one attached hydrogen (secondary N) is 1. The van der Waals surface area contributed by atoms with E-state index in [2.05, 4.69) is 63.0 Å². The van der Waals surface area contributed by atoms with E-state index in [4.69, 9.17) is 0 Å². The predicted molar refractivity (Wildman–Crippen MR) is 90.7 cm³/mol. The quantitative estimate of drug-likeness (QED) is 0.734. The maximum Gasteiger partial charge on any atom is 0.0558 e. The molecule has 0 radical (unpaired) electrons. The highest BCUT2D eigenvalue weighted by molar-refractivity contribution is 5.30. The van der Waals surface area contributed by atoms with Gasteiger partial charge in [-0.1, -0.05) is 36.2 Å². The Morgan fingerprint density at radius 3 is 2.19 bits per heavy atom. The summed E-state index contributed by atoms with van der Waals surface area (Å²) in [6.45, 7) is 13.8. The summed E-state index contributed by atoms with van der Waals surface area (Å²) in [7, 11) is 0. The second-order valence-electron chi connectivity index (χ2n) is 6.17. The normalized spacial score (nSPS) is 13.1. The van der Waals surface area contributed by atoms with Crippen molar-refractivity contribution < 1.29 is 5.11 Å². The van der Waals surface area contributed by atoms with Gasteiger partial charge in [0, 0.05) is 25.2 Å². The molecule has 21 heavy (non-hydrogen) atoms. The van der Waals surface area contributed by atoms with Crippen LogP contribution in [0.3, 0.4) is 0 Å². The van der Waals surface area contributed by atoms with Crippen LogP contribution in [0.2, 0.25) is 0 Å². The van der Waals surface area contributed by atoms with E-state index in [0.29, 0.717) is 12.1 Å². The number of benzene rings is 1. The van der Waals surface area contributed by atoms with Crippen LogP contribution in [0, 0.1) is 13.8 Å². The molecule has 0 heterocycles. The standard InChI is InChI=1S/C18H32N2O/c1-6-19-18(7-8-20(9-10-21)14(2)3)17-12-15(4)11-16(5)13-17/h11-14,18-19,21H,6-10H2,1-5H3. The molecule has 1 aromatic rings. The summed E-state index contributed by atoms with van der Waals surface area (Å²) in [5.41, 5.74) is 4.02. The van der Waals surface area contributed by atoms with Crippen LogP contribution in [0.1, 0.15) is 49.9 Å². The van der Waals surface area contributed by atoms with Gasteiger partial charge in [-0.2, -0.15) is 0 Å². The molecular weight excluding hydrogens is 260 g/mol. The number of nitrogens with zero attached hydrogens (tertiary/aromatic N) is 1. The van der Waals surface area contributed by atoms with Crippen molar-refractivity contribution in [2.24, 2.45) is 0 Å². The van der Waals surface area contributed by atoms with Crippen molar-refractivity contribution in [1.82, 2.24) is 10.2 Å². The first-order valence-corrected chi connectivity index (χ1v) is 8.14. The summed E-state index contributed by atoms with van der Waals surface area (Å²) in [5.74, 6) is 0. The van der Waals surface area contributed by atoms with Crippen LogP contribution in [0.25, 0.3) is 0 Å². The van der Waals surface area contributed by atoms with Crippen LogP contribution in [0.15, 0.2) is 18.2 Å². The van der Waals surface area contributed by atoms with E-state index in [1.54, 1.807) is 0 Å². The number of aliphatic hydroxyl groups excluding tert-OH is 1. The monoisotopic (exact) mass is 292 g/mol. The topological polar surface area (TPSA) is 35.5 Å². The maximum absolute atomic E-state index is 9.19. The highest BCUT2D eigenvalue weighted by Crippen LogP contribution is 2.20. The lowest BCUT2D eigenvalue weighted by molar-refractivity contribution is 0.159. The summed E-state index contributed by atoms with van der Waals surface area (Å²) < 4.78 is 0. The van der Waals surface area contributed by atoms with E-state index in [9.17, 15) is 5.11 Å². The number of aliphatic hydroxyl groups is 1. The summed E-state index contributed by atoms with van der Waals surface area (Å²) in [6.07, 6.45) is 1.06. The van der Waals surface area contributed by atoms with Gasteiger partial charge >= 0.3 is 0 Å². The Labute approximate surface area is 130 Å². The third kappa shape index (κ3) is 6.16. The first-order chi connectivity index (χ1) is 9.97. The average molecular weight is 292 g/mol. The largest absolute Gasteiger partial charge is 0.395 e. The molecule has 1 rings (SSSR count). The summed E-state index contributed by atoms with van der Waals surface area (Å²) in [4.78, 5) is 2.34. The van der Waals surface area contributed by atoms with E-state index in [1.807, 2.05) is 0 Å². The zero-order valence-electron chi connectivity index (χ0n) is 14.3. The van der Waals surface area contributed by atoms with E-state index in [-0.39, 0.29) is 6.61 Å². The van der Waals surface area contributed by atoms with Crippen LogP contribution in [0.5, 0.6) is 0 Å². The Bertz CT molecular complexity index is 397. The van der Waals surface area contributed by atoms with Gasteiger partial charge in [0.1, 0.15) is 0 Å². The molecule has 2 N–H and O–H groups in total. The maximum atomic E-state index is 9.19. The highest BCUT2D eigenvalue weighted by Gasteiger charge is 2.15. The highest BCUT2D eigenvalue weighted by atomic mass is 16.3. The lowest BCUT2D eigenvalue weighted by Crippen LogP contribution is -2.36. The molecule has 0 fully saturated rings. The second-order valence-corrected chi connectivity index (χ2v) is 6.17. The first-order valence-electron chi connectivity index (χ1n) is 8.14. The van der Waals surface area contributed by atoms with Crippen molar-refractivity contribution in [3.63, 3.8) is 0 Å².